The van der Waals surface area contributed by atoms with Gasteiger partial charge < -0.3 is 15.1 Å². The van der Waals surface area contributed by atoms with Crippen LogP contribution in [0.15, 0.2) is 82.3 Å². The molecule has 31 heavy (non-hydrogen) atoms. The summed E-state index contributed by atoms with van der Waals surface area (Å²) < 4.78 is 42.0. The molecule has 3 rings (SSSR count). The number of halogens is 3. The van der Waals surface area contributed by atoms with Crippen molar-refractivity contribution in [1.82, 2.24) is 5.32 Å². The molecule has 2 amide bonds. The van der Waals surface area contributed by atoms with Gasteiger partial charge in [0.25, 0.3) is 5.91 Å². The van der Waals surface area contributed by atoms with Gasteiger partial charge in [-0.05, 0) is 65.4 Å². The van der Waals surface area contributed by atoms with E-state index in [9.17, 15) is 22.8 Å². The molecule has 0 saturated heterocycles. The van der Waals surface area contributed by atoms with Gasteiger partial charge in [0.2, 0.25) is 5.91 Å². The van der Waals surface area contributed by atoms with E-state index in [2.05, 4.69) is 10.6 Å². The Labute approximate surface area is 180 Å². The van der Waals surface area contributed by atoms with E-state index in [0.29, 0.717) is 11.3 Å². The summed E-state index contributed by atoms with van der Waals surface area (Å²) in [5, 5.41) is 5.41. The summed E-state index contributed by atoms with van der Waals surface area (Å²) in [6, 6.07) is 15.8. The van der Waals surface area contributed by atoms with Gasteiger partial charge in [-0.1, -0.05) is 24.3 Å². The molecule has 0 radical (unpaired) electrons. The van der Waals surface area contributed by atoms with Gasteiger partial charge in [0.15, 0.2) is 5.76 Å². The minimum atomic E-state index is -4.33. The predicted octanol–water partition coefficient (Wildman–Crippen LogP) is 5.47. The number of furan rings is 1. The molecular weight excluding hydrogens is 429 g/mol. The van der Waals surface area contributed by atoms with E-state index in [-0.39, 0.29) is 40.8 Å². The Morgan fingerprint density at radius 3 is 2.32 bits per heavy atom. The Balaban J connectivity index is 1.46. The summed E-state index contributed by atoms with van der Waals surface area (Å²) >= 11 is -0.188. The smallest absolute Gasteiger partial charge is 0.446 e. The zero-order chi connectivity index (χ0) is 22.3. The average molecular weight is 446 g/mol. The number of carbonyl (C=O) groups excluding carboxylic acids is 2. The van der Waals surface area contributed by atoms with Crippen molar-refractivity contribution in [3.05, 3.63) is 89.9 Å². The quantitative estimate of drug-likeness (QED) is 0.373. The lowest BCUT2D eigenvalue weighted by molar-refractivity contribution is -0.116. The van der Waals surface area contributed by atoms with Gasteiger partial charge in [0.1, 0.15) is 0 Å². The number of nitrogens with one attached hydrogen (secondary N) is 2. The van der Waals surface area contributed by atoms with Crippen LogP contribution in [0.4, 0.5) is 18.9 Å². The zero-order valence-corrected chi connectivity index (χ0v) is 16.8. The standard InChI is InChI=1S/C22H17F3N2O3S/c23-22(24,25)31-18-10-5-15(6-11-18)7-12-20(28)26-14-16-3-8-17(9-4-16)27-21(29)19-2-1-13-30-19/h1-13H,14H2,(H,26,28)(H,27,29)/b12-7+. The molecule has 0 spiro atoms. The fourth-order valence-electron chi connectivity index (χ4n) is 2.51. The normalized spacial score (nSPS) is 11.5. The molecule has 0 aliphatic carbocycles. The molecule has 0 aliphatic rings. The van der Waals surface area contributed by atoms with Crippen LogP contribution < -0.4 is 10.6 Å². The fraction of sp³-hybridized carbons (Fsp3) is 0.0909. The van der Waals surface area contributed by atoms with Crippen molar-refractivity contribution in [2.45, 2.75) is 16.9 Å². The number of alkyl halides is 3. The molecule has 1 heterocycles. The second kappa shape index (κ2) is 10.0. The minimum Gasteiger partial charge on any atom is -0.459 e. The highest BCUT2D eigenvalue weighted by Gasteiger charge is 2.28. The molecule has 3 aromatic rings. The fourth-order valence-corrected chi connectivity index (χ4v) is 3.05. The first-order chi connectivity index (χ1) is 14.8. The first-order valence-corrected chi connectivity index (χ1v) is 9.86. The molecule has 5 nitrogen and oxygen atoms in total. The van der Waals surface area contributed by atoms with Gasteiger partial charge in [-0.3, -0.25) is 9.59 Å². The average Bonchev–Trinajstić information content (AvgIpc) is 3.27. The molecule has 0 saturated carbocycles. The van der Waals surface area contributed by atoms with Gasteiger partial charge in [-0.15, -0.1) is 0 Å². The van der Waals surface area contributed by atoms with Crippen molar-refractivity contribution in [2.24, 2.45) is 0 Å². The van der Waals surface area contributed by atoms with E-state index in [4.69, 9.17) is 4.42 Å². The van der Waals surface area contributed by atoms with Crippen LogP contribution in [0.5, 0.6) is 0 Å². The monoisotopic (exact) mass is 446 g/mol. The van der Waals surface area contributed by atoms with Crippen molar-refractivity contribution < 1.29 is 27.2 Å². The summed E-state index contributed by atoms with van der Waals surface area (Å²) in [6.45, 7) is 0.275. The Hall–Kier alpha value is -3.46. The summed E-state index contributed by atoms with van der Waals surface area (Å²) in [6.07, 6.45) is 4.24. The van der Waals surface area contributed by atoms with Gasteiger partial charge in [-0.2, -0.15) is 13.2 Å². The maximum Gasteiger partial charge on any atom is 0.446 e. The lowest BCUT2D eigenvalue weighted by Gasteiger charge is -2.06. The van der Waals surface area contributed by atoms with E-state index < -0.39 is 5.51 Å². The Morgan fingerprint density at radius 1 is 1.00 bits per heavy atom. The number of hydrogen-bond donors (Lipinski definition) is 2. The van der Waals surface area contributed by atoms with E-state index in [1.807, 2.05) is 0 Å². The highest BCUT2D eigenvalue weighted by Crippen LogP contribution is 2.36. The first kappa shape index (κ1) is 22.2. The maximum atomic E-state index is 12.3. The molecule has 0 fully saturated rings. The largest absolute Gasteiger partial charge is 0.459 e. The SMILES string of the molecule is O=C(/C=C/c1ccc(SC(F)(F)F)cc1)NCc1ccc(NC(=O)c2ccco2)cc1. The zero-order valence-electron chi connectivity index (χ0n) is 16.0. The Morgan fingerprint density at radius 2 is 1.71 bits per heavy atom. The molecule has 1 aromatic heterocycles. The summed E-state index contributed by atoms with van der Waals surface area (Å²) in [7, 11) is 0. The molecule has 0 unspecified atom stereocenters. The molecule has 0 atom stereocenters. The van der Waals surface area contributed by atoms with E-state index >= 15 is 0 Å². The third kappa shape index (κ3) is 7.38. The van der Waals surface area contributed by atoms with Crippen LogP contribution in [-0.4, -0.2) is 17.3 Å². The number of amides is 2. The van der Waals surface area contributed by atoms with E-state index in [0.717, 1.165) is 5.56 Å². The molecule has 0 bridgehead atoms. The van der Waals surface area contributed by atoms with Crippen molar-refractivity contribution in [3.63, 3.8) is 0 Å². The van der Waals surface area contributed by atoms with Crippen LogP contribution in [0.25, 0.3) is 6.08 Å². The number of thioether (sulfide) groups is 1. The van der Waals surface area contributed by atoms with Gasteiger partial charge in [0.05, 0.1) is 6.26 Å². The number of anilines is 1. The van der Waals surface area contributed by atoms with Crippen LogP contribution in [0.1, 0.15) is 21.7 Å². The third-order valence-electron chi connectivity index (χ3n) is 3.96. The molecular formula is C22H17F3N2O3S. The summed E-state index contributed by atoms with van der Waals surface area (Å²) in [5.41, 5.74) is -2.31. The second-order valence-electron chi connectivity index (χ2n) is 6.30. The van der Waals surface area contributed by atoms with Crippen molar-refractivity contribution >= 4 is 35.3 Å². The minimum absolute atomic E-state index is 0.0814. The number of benzene rings is 2. The summed E-state index contributed by atoms with van der Waals surface area (Å²) in [5.74, 6) is -0.498. The third-order valence-corrected chi connectivity index (χ3v) is 4.70. The van der Waals surface area contributed by atoms with Crippen LogP contribution >= 0.6 is 11.8 Å². The highest BCUT2D eigenvalue weighted by atomic mass is 32.2. The maximum absolute atomic E-state index is 12.3. The number of rotatable bonds is 7. The lowest BCUT2D eigenvalue weighted by Crippen LogP contribution is -2.20. The van der Waals surface area contributed by atoms with Crippen molar-refractivity contribution in [1.29, 1.82) is 0 Å². The molecule has 9 heteroatoms. The van der Waals surface area contributed by atoms with Crippen molar-refractivity contribution in [2.75, 3.05) is 5.32 Å². The molecule has 2 N–H and O–H groups in total. The number of hydrogen-bond acceptors (Lipinski definition) is 4. The second-order valence-corrected chi connectivity index (χ2v) is 7.43. The van der Waals surface area contributed by atoms with Crippen LogP contribution in [0, 0.1) is 0 Å². The topological polar surface area (TPSA) is 71.3 Å². The van der Waals surface area contributed by atoms with Crippen LogP contribution in [0.3, 0.4) is 0 Å². The van der Waals surface area contributed by atoms with Gasteiger partial charge in [-0.25, -0.2) is 0 Å². The van der Waals surface area contributed by atoms with Crippen LogP contribution in [-0.2, 0) is 11.3 Å². The molecule has 160 valence electrons. The van der Waals surface area contributed by atoms with Gasteiger partial charge in [0, 0.05) is 23.2 Å². The first-order valence-electron chi connectivity index (χ1n) is 9.04. The van der Waals surface area contributed by atoms with Gasteiger partial charge >= 0.3 is 5.51 Å². The molecule has 0 aliphatic heterocycles. The number of carbonyl (C=O) groups is 2. The van der Waals surface area contributed by atoms with E-state index in [1.54, 1.807) is 36.4 Å². The summed E-state index contributed by atoms with van der Waals surface area (Å²) in [4.78, 5) is 24.0. The highest BCUT2D eigenvalue weighted by molar-refractivity contribution is 8.00. The Bertz CT molecular complexity index is 1050. The van der Waals surface area contributed by atoms with Crippen molar-refractivity contribution in [3.8, 4) is 0 Å². The molecule has 2 aromatic carbocycles. The van der Waals surface area contributed by atoms with Crippen LogP contribution in [0.2, 0.25) is 0 Å². The van der Waals surface area contributed by atoms with E-state index in [1.165, 1.54) is 42.7 Å². The Kier molecular flexibility index (Phi) is 7.19. The lowest BCUT2D eigenvalue weighted by atomic mass is 10.2. The predicted molar refractivity (Wildman–Crippen MR) is 112 cm³/mol.